The molecular weight excluding hydrogens is 412 g/mol. The molecule has 1 aliphatic heterocycles. The number of hydrogen-bond donors (Lipinski definition) is 3. The summed E-state index contributed by atoms with van der Waals surface area (Å²) in [4.78, 5) is 18.2. The molecule has 154 valence electrons. The third-order valence-corrected chi connectivity index (χ3v) is 5.58. The van der Waals surface area contributed by atoms with Crippen molar-refractivity contribution in [3.63, 3.8) is 0 Å². The minimum Gasteiger partial charge on any atom is -0.508 e. The summed E-state index contributed by atoms with van der Waals surface area (Å²) in [6.45, 7) is 1.85. The fourth-order valence-electron chi connectivity index (χ4n) is 4.03. The molecule has 0 radical (unpaired) electrons. The van der Waals surface area contributed by atoms with Crippen molar-refractivity contribution in [2.45, 2.75) is 13.0 Å². The van der Waals surface area contributed by atoms with Crippen molar-refractivity contribution in [3.8, 4) is 5.75 Å². The van der Waals surface area contributed by atoms with Gasteiger partial charge in [0.05, 0.1) is 22.6 Å². The molecule has 1 aromatic heterocycles. The summed E-state index contributed by atoms with van der Waals surface area (Å²) in [7, 11) is 0. The van der Waals surface area contributed by atoms with Gasteiger partial charge in [0.25, 0.3) is 5.91 Å². The number of halogens is 1. The number of anilines is 2. The predicted octanol–water partition coefficient (Wildman–Crippen LogP) is 5.32. The van der Waals surface area contributed by atoms with Crippen LogP contribution in [0.5, 0.6) is 5.75 Å². The summed E-state index contributed by atoms with van der Waals surface area (Å²) in [5.74, 6) is 0.518. The summed E-state index contributed by atoms with van der Waals surface area (Å²) in [5.41, 5.74) is 4.31. The van der Waals surface area contributed by atoms with Gasteiger partial charge in [0.2, 0.25) is 5.95 Å². The molecule has 1 amide bonds. The lowest BCUT2D eigenvalue weighted by atomic mass is 9.94. The first-order chi connectivity index (χ1) is 15.0. The number of fused-ring (bicyclic) bond motifs is 3. The third kappa shape index (κ3) is 3.41. The van der Waals surface area contributed by atoms with E-state index < -0.39 is 6.04 Å². The number of amides is 1. The zero-order chi connectivity index (χ0) is 21.5. The molecule has 0 fully saturated rings. The number of hydrogen-bond acceptors (Lipinski definition) is 4. The predicted molar refractivity (Wildman–Crippen MR) is 122 cm³/mol. The molecule has 3 aromatic carbocycles. The zero-order valence-corrected chi connectivity index (χ0v) is 17.4. The molecule has 0 unspecified atom stereocenters. The lowest BCUT2D eigenvalue weighted by Crippen LogP contribution is -2.30. The first kappa shape index (κ1) is 19.2. The van der Waals surface area contributed by atoms with E-state index in [1.54, 1.807) is 42.5 Å². The van der Waals surface area contributed by atoms with Crippen LogP contribution in [0.4, 0.5) is 11.6 Å². The summed E-state index contributed by atoms with van der Waals surface area (Å²) < 4.78 is 1.99. The van der Waals surface area contributed by atoms with E-state index in [1.807, 2.05) is 41.8 Å². The number of rotatable bonds is 3. The molecule has 0 saturated heterocycles. The van der Waals surface area contributed by atoms with Gasteiger partial charge in [-0.3, -0.25) is 9.36 Å². The average molecular weight is 431 g/mol. The first-order valence-corrected chi connectivity index (χ1v) is 10.2. The quantitative estimate of drug-likeness (QED) is 0.411. The lowest BCUT2D eigenvalue weighted by Gasteiger charge is -2.30. The second-order valence-corrected chi connectivity index (χ2v) is 7.86. The number of aromatic nitrogens is 2. The monoisotopic (exact) mass is 430 g/mol. The van der Waals surface area contributed by atoms with Gasteiger partial charge in [0, 0.05) is 16.4 Å². The molecule has 2 heterocycles. The Labute approximate surface area is 183 Å². The van der Waals surface area contributed by atoms with Gasteiger partial charge >= 0.3 is 0 Å². The molecule has 3 N–H and O–H groups in total. The highest BCUT2D eigenvalue weighted by atomic mass is 35.5. The standard InChI is InChI=1S/C24H19ClN4O2/c1-14-21(23(31)27-17-8-5-7-16(25)13-17)22(15-6-4-9-18(30)12-15)29-20-11-3-2-10-19(20)28-24(29)26-14/h2-13,22,30H,1H3,(H,26,28)(H,27,31)/t22-/m1/s1. The van der Waals surface area contributed by atoms with Gasteiger partial charge < -0.3 is 15.7 Å². The van der Waals surface area contributed by atoms with Crippen molar-refractivity contribution in [1.29, 1.82) is 0 Å². The third-order valence-electron chi connectivity index (χ3n) is 5.34. The number of phenols is 1. The molecule has 31 heavy (non-hydrogen) atoms. The molecule has 4 aromatic rings. The van der Waals surface area contributed by atoms with Gasteiger partial charge in [-0.25, -0.2) is 4.98 Å². The number of para-hydroxylation sites is 2. The van der Waals surface area contributed by atoms with Crippen molar-refractivity contribution < 1.29 is 9.90 Å². The van der Waals surface area contributed by atoms with Crippen LogP contribution in [-0.2, 0) is 4.79 Å². The molecule has 0 saturated carbocycles. The van der Waals surface area contributed by atoms with Crippen molar-refractivity contribution in [1.82, 2.24) is 9.55 Å². The van der Waals surface area contributed by atoms with Crippen LogP contribution in [0.25, 0.3) is 11.0 Å². The highest BCUT2D eigenvalue weighted by molar-refractivity contribution is 6.31. The molecule has 1 aliphatic rings. The molecule has 7 heteroatoms. The number of nitrogens with one attached hydrogen (secondary N) is 2. The Morgan fingerprint density at radius 2 is 1.90 bits per heavy atom. The van der Waals surface area contributed by atoms with Crippen LogP contribution in [0.2, 0.25) is 5.02 Å². The Morgan fingerprint density at radius 1 is 1.10 bits per heavy atom. The number of benzene rings is 3. The number of nitrogens with zero attached hydrogens (tertiary/aromatic N) is 2. The van der Waals surface area contributed by atoms with Crippen molar-refractivity contribution in [2.24, 2.45) is 0 Å². The van der Waals surface area contributed by atoms with Crippen LogP contribution in [0.15, 0.2) is 84.1 Å². The van der Waals surface area contributed by atoms with Crippen LogP contribution in [0.3, 0.4) is 0 Å². The van der Waals surface area contributed by atoms with E-state index in [9.17, 15) is 9.90 Å². The van der Waals surface area contributed by atoms with Crippen molar-refractivity contribution in [3.05, 3.63) is 94.7 Å². The number of phenolic OH excluding ortho intramolecular Hbond substituents is 1. The number of imidazole rings is 1. The van der Waals surface area contributed by atoms with E-state index in [1.165, 1.54) is 0 Å². The summed E-state index contributed by atoms with van der Waals surface area (Å²) in [6, 6.07) is 21.3. The Balaban J connectivity index is 1.67. The summed E-state index contributed by atoms with van der Waals surface area (Å²) >= 11 is 6.09. The minimum absolute atomic E-state index is 0.134. The molecule has 6 nitrogen and oxygen atoms in total. The molecular formula is C24H19ClN4O2. The number of aromatic hydroxyl groups is 1. The fraction of sp³-hybridized carbons (Fsp3) is 0.0833. The molecule has 1 atom stereocenters. The summed E-state index contributed by atoms with van der Waals surface area (Å²) in [6.07, 6.45) is 0. The molecule has 0 spiro atoms. The fourth-order valence-corrected chi connectivity index (χ4v) is 4.22. The second kappa shape index (κ2) is 7.49. The number of carbonyl (C=O) groups excluding carboxylic acids is 1. The summed E-state index contributed by atoms with van der Waals surface area (Å²) in [5, 5.41) is 16.9. The highest BCUT2D eigenvalue weighted by Crippen LogP contribution is 2.40. The maximum atomic E-state index is 13.5. The van der Waals surface area contributed by atoms with Gasteiger partial charge in [0.1, 0.15) is 5.75 Å². The van der Waals surface area contributed by atoms with Crippen LogP contribution < -0.4 is 10.6 Å². The Morgan fingerprint density at radius 3 is 2.71 bits per heavy atom. The molecule has 0 aliphatic carbocycles. The van der Waals surface area contributed by atoms with Gasteiger partial charge in [-0.2, -0.15) is 0 Å². The SMILES string of the molecule is CC1=C(C(=O)Nc2cccc(Cl)c2)[C@@H](c2cccc(O)c2)n2c(nc3ccccc32)N1. The maximum Gasteiger partial charge on any atom is 0.255 e. The van der Waals surface area contributed by atoms with E-state index in [-0.39, 0.29) is 11.7 Å². The zero-order valence-electron chi connectivity index (χ0n) is 16.6. The first-order valence-electron chi connectivity index (χ1n) is 9.82. The maximum absolute atomic E-state index is 13.5. The largest absolute Gasteiger partial charge is 0.508 e. The number of allylic oxidation sites excluding steroid dienone is 1. The Hall–Kier alpha value is -3.77. The number of carbonyl (C=O) groups is 1. The second-order valence-electron chi connectivity index (χ2n) is 7.42. The Bertz CT molecular complexity index is 1360. The smallest absolute Gasteiger partial charge is 0.255 e. The van der Waals surface area contributed by atoms with Crippen LogP contribution in [0, 0.1) is 0 Å². The van der Waals surface area contributed by atoms with E-state index in [0.717, 1.165) is 16.6 Å². The van der Waals surface area contributed by atoms with Gasteiger partial charge in [0.15, 0.2) is 0 Å². The van der Waals surface area contributed by atoms with E-state index >= 15 is 0 Å². The Kier molecular flexibility index (Phi) is 4.64. The normalized spacial score (nSPS) is 15.5. The molecule has 0 bridgehead atoms. The van der Waals surface area contributed by atoms with Crippen molar-refractivity contribution in [2.75, 3.05) is 10.6 Å². The van der Waals surface area contributed by atoms with Gasteiger partial charge in [-0.1, -0.05) is 41.9 Å². The van der Waals surface area contributed by atoms with Crippen molar-refractivity contribution >= 4 is 40.2 Å². The van der Waals surface area contributed by atoms with Crippen LogP contribution in [-0.4, -0.2) is 20.6 Å². The lowest BCUT2D eigenvalue weighted by molar-refractivity contribution is -0.113. The molecule has 5 rings (SSSR count). The van der Waals surface area contributed by atoms with Crippen LogP contribution in [0.1, 0.15) is 18.5 Å². The van der Waals surface area contributed by atoms with E-state index in [0.29, 0.717) is 27.9 Å². The van der Waals surface area contributed by atoms with Gasteiger partial charge in [-0.05, 0) is 55.0 Å². The average Bonchev–Trinajstić information content (AvgIpc) is 3.10. The van der Waals surface area contributed by atoms with E-state index in [4.69, 9.17) is 16.6 Å². The minimum atomic E-state index is -0.477. The van der Waals surface area contributed by atoms with Crippen LogP contribution >= 0.6 is 11.6 Å². The van der Waals surface area contributed by atoms with Gasteiger partial charge in [-0.15, -0.1) is 0 Å². The topological polar surface area (TPSA) is 79.2 Å². The highest BCUT2D eigenvalue weighted by Gasteiger charge is 2.34. The van der Waals surface area contributed by atoms with E-state index in [2.05, 4.69) is 10.6 Å².